The average molecular weight is 320 g/mol. The van der Waals surface area contributed by atoms with Crippen LogP contribution in [0.1, 0.15) is 0 Å². The van der Waals surface area contributed by atoms with E-state index in [1.807, 2.05) is 30.3 Å². The number of Topliss-reactive ketones (excluding diaryl/α,β-unsaturated/α-hetero) is 1. The molecule has 0 radical (unpaired) electrons. The van der Waals surface area contributed by atoms with Crippen LogP contribution in [0.15, 0.2) is 54.6 Å². The quantitative estimate of drug-likeness (QED) is 0.810. The molecule has 0 aliphatic heterocycles. The Kier molecular flexibility index (Phi) is 5.13. The number of hydrogen-bond acceptors (Lipinski definition) is 5. The molecule has 0 unspecified atom stereocenters. The summed E-state index contributed by atoms with van der Waals surface area (Å²) in [5.41, 5.74) is 5.46. The van der Waals surface area contributed by atoms with Gasteiger partial charge in [-0.3, -0.25) is 9.52 Å². The smallest absolute Gasteiger partial charge is 0.239 e. The largest absolute Gasteiger partial charge is 0.457 e. The predicted octanol–water partition coefficient (Wildman–Crippen LogP) is 1.75. The van der Waals surface area contributed by atoms with Crippen LogP contribution in [-0.2, 0) is 14.8 Å². The molecule has 0 atom stereocenters. The van der Waals surface area contributed by atoms with Gasteiger partial charge in [-0.1, -0.05) is 18.2 Å². The van der Waals surface area contributed by atoms with Crippen LogP contribution in [0.3, 0.4) is 0 Å². The summed E-state index contributed by atoms with van der Waals surface area (Å²) in [5, 5.41) is 0. The SMILES string of the molecule is NCC(=O)CS(=O)(=O)Nc1ccc(Oc2ccccc2)cc1. The van der Waals surface area contributed by atoms with Gasteiger partial charge in [0.2, 0.25) is 10.0 Å². The third-order valence-electron chi connectivity index (χ3n) is 2.69. The molecule has 0 amide bonds. The third kappa shape index (κ3) is 4.87. The summed E-state index contributed by atoms with van der Waals surface area (Å²) in [6.07, 6.45) is 0. The van der Waals surface area contributed by atoms with Crippen LogP contribution in [0.5, 0.6) is 11.5 Å². The van der Waals surface area contributed by atoms with E-state index in [2.05, 4.69) is 4.72 Å². The fourth-order valence-corrected chi connectivity index (χ4v) is 2.81. The summed E-state index contributed by atoms with van der Waals surface area (Å²) < 4.78 is 31.4. The van der Waals surface area contributed by atoms with Crippen LogP contribution in [-0.4, -0.2) is 26.5 Å². The number of carbonyl (C=O) groups excluding carboxylic acids is 1. The summed E-state index contributed by atoms with van der Waals surface area (Å²) in [4.78, 5) is 11.1. The molecular formula is C15H16N2O4S. The van der Waals surface area contributed by atoms with Crippen molar-refractivity contribution in [3.8, 4) is 11.5 Å². The van der Waals surface area contributed by atoms with E-state index in [4.69, 9.17) is 10.5 Å². The molecule has 2 aromatic rings. The monoisotopic (exact) mass is 320 g/mol. The lowest BCUT2D eigenvalue weighted by molar-refractivity contribution is -0.115. The maximum atomic E-state index is 11.7. The number of nitrogens with two attached hydrogens (primary N) is 1. The molecule has 0 saturated carbocycles. The van der Waals surface area contributed by atoms with E-state index in [1.165, 1.54) is 0 Å². The first-order chi connectivity index (χ1) is 10.5. The highest BCUT2D eigenvalue weighted by atomic mass is 32.2. The molecule has 2 aromatic carbocycles. The minimum absolute atomic E-state index is 0.301. The molecular weight excluding hydrogens is 304 g/mol. The first-order valence-electron chi connectivity index (χ1n) is 6.54. The number of anilines is 1. The van der Waals surface area contributed by atoms with Gasteiger partial charge in [0.25, 0.3) is 0 Å². The molecule has 3 N–H and O–H groups in total. The molecule has 0 spiro atoms. The van der Waals surface area contributed by atoms with Gasteiger partial charge in [0.05, 0.1) is 6.54 Å². The lowest BCUT2D eigenvalue weighted by atomic mass is 10.3. The minimum Gasteiger partial charge on any atom is -0.457 e. The standard InChI is InChI=1S/C15H16N2O4S/c16-10-13(18)11-22(19,20)17-12-6-8-15(9-7-12)21-14-4-2-1-3-5-14/h1-9,17H,10-11,16H2. The molecule has 0 bridgehead atoms. The molecule has 22 heavy (non-hydrogen) atoms. The Hall–Kier alpha value is -2.38. The fourth-order valence-electron chi connectivity index (χ4n) is 1.70. The van der Waals surface area contributed by atoms with Gasteiger partial charge in [-0.25, -0.2) is 8.42 Å². The van der Waals surface area contributed by atoms with E-state index in [1.54, 1.807) is 24.3 Å². The molecule has 0 fully saturated rings. The van der Waals surface area contributed by atoms with E-state index in [0.29, 0.717) is 17.2 Å². The zero-order valence-electron chi connectivity index (χ0n) is 11.7. The number of ether oxygens (including phenoxy) is 1. The molecule has 0 aliphatic rings. The summed E-state index contributed by atoms with van der Waals surface area (Å²) in [6, 6.07) is 15.6. The van der Waals surface area contributed by atoms with Crippen LogP contribution in [0.4, 0.5) is 5.69 Å². The summed E-state index contributed by atoms with van der Waals surface area (Å²) in [6.45, 7) is -0.301. The molecule has 2 rings (SSSR count). The second kappa shape index (κ2) is 7.06. The average Bonchev–Trinajstić information content (AvgIpc) is 2.49. The molecule has 0 heterocycles. The van der Waals surface area contributed by atoms with Crippen LogP contribution in [0.2, 0.25) is 0 Å². The normalized spacial score (nSPS) is 11.0. The van der Waals surface area contributed by atoms with Crippen molar-refractivity contribution in [1.82, 2.24) is 0 Å². The summed E-state index contributed by atoms with van der Waals surface area (Å²) in [5.74, 6) is 0.0827. The number of nitrogens with one attached hydrogen (secondary N) is 1. The highest BCUT2D eigenvalue weighted by Crippen LogP contribution is 2.22. The van der Waals surface area contributed by atoms with E-state index < -0.39 is 21.6 Å². The van der Waals surface area contributed by atoms with Crippen molar-refractivity contribution >= 4 is 21.5 Å². The Bertz CT molecular complexity index is 728. The summed E-state index contributed by atoms with van der Waals surface area (Å²) in [7, 11) is -3.74. The van der Waals surface area contributed by atoms with Crippen LogP contribution in [0, 0.1) is 0 Å². The Labute approximate surface area is 129 Å². The second-order valence-corrected chi connectivity index (χ2v) is 6.27. The van der Waals surface area contributed by atoms with E-state index in [0.717, 1.165) is 0 Å². The number of hydrogen-bond donors (Lipinski definition) is 2. The number of ketones is 1. The lowest BCUT2D eigenvalue weighted by Crippen LogP contribution is -2.27. The first-order valence-corrected chi connectivity index (χ1v) is 8.19. The van der Waals surface area contributed by atoms with Gasteiger partial charge in [0.1, 0.15) is 17.3 Å². The third-order valence-corrected chi connectivity index (χ3v) is 3.93. The highest BCUT2D eigenvalue weighted by Gasteiger charge is 2.15. The van der Waals surface area contributed by atoms with Gasteiger partial charge in [0, 0.05) is 5.69 Å². The maximum absolute atomic E-state index is 11.7. The van der Waals surface area contributed by atoms with Gasteiger partial charge in [-0.05, 0) is 36.4 Å². The Morgan fingerprint density at radius 3 is 2.18 bits per heavy atom. The zero-order valence-corrected chi connectivity index (χ0v) is 12.5. The Balaban J connectivity index is 2.01. The number of para-hydroxylation sites is 1. The van der Waals surface area contributed by atoms with Crippen molar-refractivity contribution in [1.29, 1.82) is 0 Å². The molecule has 116 valence electrons. The minimum atomic E-state index is -3.74. The Morgan fingerprint density at radius 2 is 1.59 bits per heavy atom. The predicted molar refractivity (Wildman–Crippen MR) is 84.4 cm³/mol. The maximum Gasteiger partial charge on any atom is 0.239 e. The highest BCUT2D eigenvalue weighted by molar-refractivity contribution is 7.93. The van der Waals surface area contributed by atoms with Crippen LogP contribution < -0.4 is 15.2 Å². The van der Waals surface area contributed by atoms with Crippen molar-refractivity contribution in [2.24, 2.45) is 5.73 Å². The van der Waals surface area contributed by atoms with Gasteiger partial charge < -0.3 is 10.5 Å². The summed E-state index contributed by atoms with van der Waals surface area (Å²) >= 11 is 0. The molecule has 7 heteroatoms. The van der Waals surface area contributed by atoms with Crippen LogP contribution >= 0.6 is 0 Å². The van der Waals surface area contributed by atoms with Crippen molar-refractivity contribution in [3.05, 3.63) is 54.6 Å². The van der Waals surface area contributed by atoms with Gasteiger partial charge in [-0.15, -0.1) is 0 Å². The first kappa shape index (κ1) is 16.0. The fraction of sp³-hybridized carbons (Fsp3) is 0.133. The topological polar surface area (TPSA) is 98.5 Å². The van der Waals surface area contributed by atoms with Gasteiger partial charge >= 0.3 is 0 Å². The molecule has 0 aliphatic carbocycles. The number of benzene rings is 2. The zero-order chi connectivity index (χ0) is 16.0. The van der Waals surface area contributed by atoms with E-state index in [-0.39, 0.29) is 6.54 Å². The second-order valence-electron chi connectivity index (χ2n) is 4.54. The lowest BCUT2D eigenvalue weighted by Gasteiger charge is -2.09. The number of carbonyl (C=O) groups is 1. The number of rotatable bonds is 7. The van der Waals surface area contributed by atoms with Crippen molar-refractivity contribution in [2.75, 3.05) is 17.0 Å². The molecule has 0 aromatic heterocycles. The van der Waals surface area contributed by atoms with E-state index >= 15 is 0 Å². The van der Waals surface area contributed by atoms with Crippen molar-refractivity contribution in [2.45, 2.75) is 0 Å². The number of sulfonamides is 1. The Morgan fingerprint density at radius 1 is 1.00 bits per heavy atom. The van der Waals surface area contributed by atoms with Crippen molar-refractivity contribution in [3.63, 3.8) is 0 Å². The van der Waals surface area contributed by atoms with Crippen molar-refractivity contribution < 1.29 is 17.9 Å². The van der Waals surface area contributed by atoms with Gasteiger partial charge in [0.15, 0.2) is 5.78 Å². The van der Waals surface area contributed by atoms with Crippen LogP contribution in [0.25, 0.3) is 0 Å². The van der Waals surface area contributed by atoms with E-state index in [9.17, 15) is 13.2 Å². The molecule has 0 saturated heterocycles. The molecule has 6 nitrogen and oxygen atoms in total. The van der Waals surface area contributed by atoms with Gasteiger partial charge in [-0.2, -0.15) is 0 Å².